The highest BCUT2D eigenvalue weighted by molar-refractivity contribution is 5.27. The summed E-state index contributed by atoms with van der Waals surface area (Å²) in [5, 5.41) is 3.46. The molecule has 1 aromatic rings. The summed E-state index contributed by atoms with van der Waals surface area (Å²) in [6, 6.07) is 9.69. The molecule has 1 atom stereocenters. The van der Waals surface area contributed by atoms with Gasteiger partial charge in [0.05, 0.1) is 0 Å². The van der Waals surface area contributed by atoms with Crippen LogP contribution in [-0.2, 0) is 6.42 Å². The van der Waals surface area contributed by atoms with E-state index in [0.717, 1.165) is 11.8 Å². The van der Waals surface area contributed by atoms with E-state index in [1.807, 2.05) is 0 Å². The lowest BCUT2D eigenvalue weighted by molar-refractivity contribution is 0.527. The molecule has 1 nitrogen and oxygen atoms in total. The molecule has 0 aliphatic heterocycles. The zero-order valence-corrected chi connectivity index (χ0v) is 10.7. The summed E-state index contributed by atoms with van der Waals surface area (Å²) in [6.07, 6.45) is 3.97. The fraction of sp³-hybridized carbons (Fsp3) is 0.600. The largest absolute Gasteiger partial charge is 0.313 e. The van der Waals surface area contributed by atoms with Gasteiger partial charge in [0, 0.05) is 6.04 Å². The third-order valence-corrected chi connectivity index (χ3v) is 3.36. The fourth-order valence-corrected chi connectivity index (χ4v) is 2.49. The Labute approximate surface area is 99.3 Å². The third-order valence-electron chi connectivity index (χ3n) is 3.36. The van der Waals surface area contributed by atoms with E-state index in [-0.39, 0.29) is 0 Å². The van der Waals surface area contributed by atoms with Crippen molar-refractivity contribution >= 4 is 0 Å². The monoisotopic (exact) mass is 217 g/mol. The van der Waals surface area contributed by atoms with Crippen molar-refractivity contribution in [1.82, 2.24) is 5.32 Å². The first-order chi connectivity index (χ1) is 7.70. The summed E-state index contributed by atoms with van der Waals surface area (Å²) < 4.78 is 0. The van der Waals surface area contributed by atoms with Gasteiger partial charge >= 0.3 is 0 Å². The van der Waals surface area contributed by atoms with Gasteiger partial charge in [-0.15, -0.1) is 0 Å². The third kappa shape index (κ3) is 2.85. The maximum absolute atomic E-state index is 3.46. The van der Waals surface area contributed by atoms with Crippen molar-refractivity contribution in [2.45, 2.75) is 39.2 Å². The molecular formula is C15H23N. The van der Waals surface area contributed by atoms with Gasteiger partial charge in [0.1, 0.15) is 0 Å². The highest BCUT2D eigenvalue weighted by atomic mass is 14.9. The molecule has 0 amide bonds. The molecule has 1 N–H and O–H groups in total. The quantitative estimate of drug-likeness (QED) is 0.795. The van der Waals surface area contributed by atoms with Crippen LogP contribution in [0.25, 0.3) is 0 Å². The first-order valence-electron chi connectivity index (χ1n) is 6.47. The van der Waals surface area contributed by atoms with Crippen molar-refractivity contribution in [3.8, 4) is 0 Å². The van der Waals surface area contributed by atoms with Crippen molar-refractivity contribution < 1.29 is 0 Å². The van der Waals surface area contributed by atoms with Crippen molar-refractivity contribution in [1.29, 1.82) is 0 Å². The van der Waals surface area contributed by atoms with Gasteiger partial charge in [0.15, 0.2) is 0 Å². The zero-order valence-electron chi connectivity index (χ0n) is 10.7. The first-order valence-corrected chi connectivity index (χ1v) is 6.47. The van der Waals surface area contributed by atoms with Crippen LogP contribution in [0.3, 0.4) is 0 Å². The van der Waals surface area contributed by atoms with Crippen LogP contribution < -0.4 is 5.32 Å². The molecule has 0 radical (unpaired) electrons. The van der Waals surface area contributed by atoms with E-state index in [1.54, 1.807) is 0 Å². The molecule has 88 valence electrons. The van der Waals surface area contributed by atoms with Gasteiger partial charge in [-0.2, -0.15) is 0 Å². The van der Waals surface area contributed by atoms with Gasteiger partial charge in [0.25, 0.3) is 0 Å². The summed E-state index contributed by atoms with van der Waals surface area (Å²) >= 11 is 0. The molecule has 16 heavy (non-hydrogen) atoms. The van der Waals surface area contributed by atoms with Crippen molar-refractivity contribution in [2.24, 2.45) is 11.8 Å². The SMILES string of the molecule is CNC(c1cccc(CC(C)C)c1)C1CC1. The summed E-state index contributed by atoms with van der Waals surface area (Å²) in [4.78, 5) is 0. The molecule has 1 aromatic carbocycles. The second-order valence-corrected chi connectivity index (χ2v) is 5.45. The number of rotatable bonds is 5. The Hall–Kier alpha value is -0.820. The molecular weight excluding hydrogens is 194 g/mol. The average molecular weight is 217 g/mol. The van der Waals surface area contributed by atoms with E-state index >= 15 is 0 Å². The maximum atomic E-state index is 3.46. The lowest BCUT2D eigenvalue weighted by Crippen LogP contribution is -2.18. The van der Waals surface area contributed by atoms with Crippen LogP contribution >= 0.6 is 0 Å². The topological polar surface area (TPSA) is 12.0 Å². The Morgan fingerprint density at radius 1 is 1.31 bits per heavy atom. The Bertz CT molecular complexity index is 339. The lowest BCUT2D eigenvalue weighted by atomic mass is 9.96. The summed E-state index contributed by atoms with van der Waals surface area (Å²) in [5.41, 5.74) is 2.96. The Morgan fingerprint density at radius 3 is 2.62 bits per heavy atom. The molecule has 0 aromatic heterocycles. The molecule has 1 fully saturated rings. The zero-order chi connectivity index (χ0) is 11.5. The van der Waals surface area contributed by atoms with E-state index in [0.29, 0.717) is 6.04 Å². The van der Waals surface area contributed by atoms with E-state index in [4.69, 9.17) is 0 Å². The highest BCUT2D eigenvalue weighted by Crippen LogP contribution is 2.40. The molecule has 0 heterocycles. The van der Waals surface area contributed by atoms with Crippen LogP contribution in [0.1, 0.15) is 43.9 Å². The Balaban J connectivity index is 2.13. The van der Waals surface area contributed by atoms with Crippen LogP contribution in [0, 0.1) is 11.8 Å². The second kappa shape index (κ2) is 5.01. The van der Waals surface area contributed by atoms with Gasteiger partial charge in [-0.05, 0) is 49.3 Å². The summed E-state index contributed by atoms with van der Waals surface area (Å²) in [5.74, 6) is 1.61. The van der Waals surface area contributed by atoms with Crippen molar-refractivity contribution in [2.75, 3.05) is 7.05 Å². The van der Waals surface area contributed by atoms with Crippen LogP contribution in [-0.4, -0.2) is 7.05 Å². The minimum absolute atomic E-state index is 0.576. The normalized spacial score (nSPS) is 17.8. The molecule has 1 heteroatoms. The van der Waals surface area contributed by atoms with Crippen LogP contribution in [0.2, 0.25) is 0 Å². The smallest absolute Gasteiger partial charge is 0.0346 e. The second-order valence-electron chi connectivity index (χ2n) is 5.45. The number of hydrogen-bond donors (Lipinski definition) is 1. The predicted octanol–water partition coefficient (Wildman–Crippen LogP) is 3.56. The maximum Gasteiger partial charge on any atom is 0.0346 e. The summed E-state index contributed by atoms with van der Waals surface area (Å²) in [7, 11) is 2.08. The minimum Gasteiger partial charge on any atom is -0.313 e. The van der Waals surface area contributed by atoms with Gasteiger partial charge < -0.3 is 5.32 Å². The Morgan fingerprint density at radius 2 is 2.06 bits per heavy atom. The molecule has 1 saturated carbocycles. The molecule has 1 unspecified atom stereocenters. The molecule has 0 spiro atoms. The van der Waals surface area contributed by atoms with Gasteiger partial charge in [-0.3, -0.25) is 0 Å². The lowest BCUT2D eigenvalue weighted by Gasteiger charge is -2.17. The van der Waals surface area contributed by atoms with Gasteiger partial charge in [0.2, 0.25) is 0 Å². The van der Waals surface area contributed by atoms with Gasteiger partial charge in [-0.1, -0.05) is 38.1 Å². The average Bonchev–Trinajstić information content (AvgIpc) is 3.03. The number of benzene rings is 1. The molecule has 1 aliphatic rings. The standard InChI is InChI=1S/C15H23N/c1-11(2)9-12-5-4-6-14(10-12)15(16-3)13-7-8-13/h4-6,10-11,13,15-16H,7-9H2,1-3H3. The first kappa shape index (κ1) is 11.7. The van der Waals surface area contributed by atoms with Crippen LogP contribution in [0.4, 0.5) is 0 Å². The Kier molecular flexibility index (Phi) is 3.65. The van der Waals surface area contributed by atoms with E-state index < -0.39 is 0 Å². The number of nitrogens with one attached hydrogen (secondary N) is 1. The molecule has 0 saturated heterocycles. The van der Waals surface area contributed by atoms with Crippen molar-refractivity contribution in [3.05, 3.63) is 35.4 Å². The summed E-state index contributed by atoms with van der Waals surface area (Å²) in [6.45, 7) is 4.56. The van der Waals surface area contributed by atoms with Crippen LogP contribution in [0.5, 0.6) is 0 Å². The predicted molar refractivity (Wildman–Crippen MR) is 69.5 cm³/mol. The minimum atomic E-state index is 0.576. The van der Waals surface area contributed by atoms with E-state index in [2.05, 4.69) is 50.5 Å². The molecule has 1 aliphatic carbocycles. The fourth-order valence-electron chi connectivity index (χ4n) is 2.49. The highest BCUT2D eigenvalue weighted by Gasteiger charge is 2.31. The van der Waals surface area contributed by atoms with Crippen LogP contribution in [0.15, 0.2) is 24.3 Å². The number of hydrogen-bond acceptors (Lipinski definition) is 1. The van der Waals surface area contributed by atoms with E-state index in [9.17, 15) is 0 Å². The van der Waals surface area contributed by atoms with Gasteiger partial charge in [-0.25, -0.2) is 0 Å². The van der Waals surface area contributed by atoms with Crippen molar-refractivity contribution in [3.63, 3.8) is 0 Å². The molecule has 2 rings (SSSR count). The van der Waals surface area contributed by atoms with E-state index in [1.165, 1.54) is 30.4 Å². The molecule has 0 bridgehead atoms.